The van der Waals surface area contributed by atoms with E-state index in [1.54, 1.807) is 0 Å². The van der Waals surface area contributed by atoms with Gasteiger partial charge < -0.3 is 9.80 Å². The molecule has 2 N–H and O–H groups in total. The molecule has 1 aliphatic carbocycles. The predicted molar refractivity (Wildman–Crippen MR) is 103 cm³/mol. The lowest BCUT2D eigenvalue weighted by Gasteiger charge is -2.28. The summed E-state index contributed by atoms with van der Waals surface area (Å²) in [4.78, 5) is 16.9. The highest BCUT2D eigenvalue weighted by Gasteiger charge is 2.36. The van der Waals surface area contributed by atoms with E-state index < -0.39 is 0 Å². The van der Waals surface area contributed by atoms with E-state index in [2.05, 4.69) is 27.7 Å². The number of hydrogen-bond acceptors (Lipinski definition) is 4. The summed E-state index contributed by atoms with van der Waals surface area (Å²) in [5, 5.41) is 0. The first-order chi connectivity index (χ1) is 13.1. The molecule has 1 saturated carbocycles. The van der Waals surface area contributed by atoms with Gasteiger partial charge in [-0.15, -0.1) is 0 Å². The predicted octanol–water partition coefficient (Wildman–Crippen LogP) is 2.31. The third kappa shape index (κ3) is 4.33. The van der Waals surface area contributed by atoms with Crippen LogP contribution in [0.2, 0.25) is 0 Å². The average Bonchev–Trinajstić information content (AvgIpc) is 3.37. The zero-order valence-electron chi connectivity index (χ0n) is 16.2. The standard InChI is InChI=1S/C21H31FN4O/c1-25(12-15-10-20(27)26(13-15)19-4-2-3-5-19)14-17-11-23-24-21(17)16-6-8-18(22)9-7-16/h6-9,15,17,19,21,23-24H,2-5,10-14H2,1H3. The molecule has 3 fully saturated rings. The highest BCUT2D eigenvalue weighted by molar-refractivity contribution is 5.79. The second-order valence-electron chi connectivity index (χ2n) is 8.59. The Morgan fingerprint density at radius 3 is 2.67 bits per heavy atom. The largest absolute Gasteiger partial charge is 0.339 e. The van der Waals surface area contributed by atoms with Crippen molar-refractivity contribution >= 4 is 5.91 Å². The smallest absolute Gasteiger partial charge is 0.223 e. The summed E-state index contributed by atoms with van der Waals surface area (Å²) in [6.07, 6.45) is 5.61. The average molecular weight is 375 g/mol. The molecule has 3 unspecified atom stereocenters. The Kier molecular flexibility index (Phi) is 5.76. The van der Waals surface area contributed by atoms with Crippen molar-refractivity contribution in [3.05, 3.63) is 35.6 Å². The minimum absolute atomic E-state index is 0.188. The summed E-state index contributed by atoms with van der Waals surface area (Å²) in [5.41, 5.74) is 7.70. The van der Waals surface area contributed by atoms with E-state index in [4.69, 9.17) is 0 Å². The quantitative estimate of drug-likeness (QED) is 0.802. The molecule has 2 saturated heterocycles. The highest BCUT2D eigenvalue weighted by Crippen LogP contribution is 2.30. The lowest BCUT2D eigenvalue weighted by atomic mass is 9.94. The number of benzene rings is 1. The second-order valence-corrected chi connectivity index (χ2v) is 8.59. The van der Waals surface area contributed by atoms with Crippen LogP contribution in [0.15, 0.2) is 24.3 Å². The van der Waals surface area contributed by atoms with Crippen molar-refractivity contribution in [2.24, 2.45) is 11.8 Å². The molecule has 6 heteroatoms. The van der Waals surface area contributed by atoms with Gasteiger partial charge in [0.25, 0.3) is 0 Å². The molecule has 0 aromatic heterocycles. The van der Waals surface area contributed by atoms with Crippen molar-refractivity contribution in [1.29, 1.82) is 0 Å². The zero-order valence-corrected chi connectivity index (χ0v) is 16.2. The van der Waals surface area contributed by atoms with Gasteiger partial charge in [-0.3, -0.25) is 10.2 Å². The molecular weight excluding hydrogens is 343 g/mol. The Bertz CT molecular complexity index is 646. The second kappa shape index (κ2) is 8.25. The fourth-order valence-electron chi connectivity index (χ4n) is 5.15. The summed E-state index contributed by atoms with van der Waals surface area (Å²) in [6, 6.07) is 7.46. The van der Waals surface area contributed by atoms with Crippen molar-refractivity contribution in [1.82, 2.24) is 20.7 Å². The molecular formula is C21H31FN4O. The van der Waals surface area contributed by atoms with Crippen LogP contribution in [0.3, 0.4) is 0 Å². The molecule has 3 atom stereocenters. The van der Waals surface area contributed by atoms with Crippen molar-refractivity contribution < 1.29 is 9.18 Å². The van der Waals surface area contributed by atoms with Gasteiger partial charge in [0.15, 0.2) is 0 Å². The third-order valence-electron chi connectivity index (χ3n) is 6.44. The van der Waals surface area contributed by atoms with E-state index in [0.717, 1.165) is 31.7 Å². The Morgan fingerprint density at radius 1 is 1.19 bits per heavy atom. The van der Waals surface area contributed by atoms with Crippen molar-refractivity contribution in [3.63, 3.8) is 0 Å². The fourth-order valence-corrected chi connectivity index (χ4v) is 5.15. The minimum atomic E-state index is -0.198. The van der Waals surface area contributed by atoms with Gasteiger partial charge in [-0.1, -0.05) is 25.0 Å². The van der Waals surface area contributed by atoms with Gasteiger partial charge in [0.2, 0.25) is 5.91 Å². The number of hydrazine groups is 1. The van der Waals surface area contributed by atoms with Crippen LogP contribution in [0.4, 0.5) is 4.39 Å². The zero-order chi connectivity index (χ0) is 18.8. The number of carbonyl (C=O) groups is 1. The SMILES string of the molecule is CN(CC1CC(=O)N(C2CCCC2)C1)CC1CNNC1c1ccc(F)cc1. The van der Waals surface area contributed by atoms with Crippen LogP contribution < -0.4 is 10.9 Å². The maximum Gasteiger partial charge on any atom is 0.223 e. The number of halogens is 1. The molecule has 0 spiro atoms. The van der Waals surface area contributed by atoms with Gasteiger partial charge >= 0.3 is 0 Å². The van der Waals surface area contributed by atoms with Crippen LogP contribution in [0.25, 0.3) is 0 Å². The van der Waals surface area contributed by atoms with E-state index in [-0.39, 0.29) is 11.9 Å². The van der Waals surface area contributed by atoms with E-state index >= 15 is 0 Å². The molecule has 1 aromatic rings. The van der Waals surface area contributed by atoms with E-state index in [9.17, 15) is 9.18 Å². The van der Waals surface area contributed by atoms with Crippen molar-refractivity contribution in [2.75, 3.05) is 33.2 Å². The Labute approximate surface area is 161 Å². The molecule has 0 bridgehead atoms. The molecule has 148 valence electrons. The van der Waals surface area contributed by atoms with Crippen LogP contribution in [0, 0.1) is 17.7 Å². The molecule has 0 radical (unpaired) electrons. The monoisotopic (exact) mass is 374 g/mol. The van der Waals surface area contributed by atoms with Crippen LogP contribution in [-0.2, 0) is 4.79 Å². The van der Waals surface area contributed by atoms with Crippen LogP contribution >= 0.6 is 0 Å². The van der Waals surface area contributed by atoms with Crippen molar-refractivity contribution in [2.45, 2.75) is 44.2 Å². The maximum atomic E-state index is 13.2. The minimum Gasteiger partial charge on any atom is -0.339 e. The van der Waals surface area contributed by atoms with Gasteiger partial charge in [0.05, 0.1) is 6.04 Å². The number of carbonyl (C=O) groups excluding carboxylic acids is 1. The van der Waals surface area contributed by atoms with E-state index in [0.29, 0.717) is 30.2 Å². The highest BCUT2D eigenvalue weighted by atomic mass is 19.1. The number of amides is 1. The first kappa shape index (κ1) is 18.8. The number of likely N-dealkylation sites (tertiary alicyclic amines) is 1. The summed E-state index contributed by atoms with van der Waals surface area (Å²) in [6.45, 7) is 3.73. The summed E-state index contributed by atoms with van der Waals surface area (Å²) in [7, 11) is 2.16. The molecule has 2 aliphatic heterocycles. The van der Waals surface area contributed by atoms with E-state index in [1.165, 1.54) is 37.8 Å². The van der Waals surface area contributed by atoms with Crippen LogP contribution in [0.1, 0.15) is 43.7 Å². The summed E-state index contributed by atoms with van der Waals surface area (Å²) in [5.74, 6) is 1.02. The van der Waals surface area contributed by atoms with Gasteiger partial charge in [-0.25, -0.2) is 9.82 Å². The van der Waals surface area contributed by atoms with E-state index in [1.807, 2.05) is 12.1 Å². The summed E-state index contributed by atoms with van der Waals surface area (Å²) >= 11 is 0. The number of hydrogen-bond donors (Lipinski definition) is 2. The van der Waals surface area contributed by atoms with Gasteiger partial charge in [0, 0.05) is 44.6 Å². The molecule has 27 heavy (non-hydrogen) atoms. The number of nitrogens with zero attached hydrogens (tertiary/aromatic N) is 2. The Hall–Kier alpha value is -1.50. The molecule has 3 aliphatic rings. The first-order valence-electron chi connectivity index (χ1n) is 10.3. The normalized spacial score (nSPS) is 29.4. The van der Waals surface area contributed by atoms with Gasteiger partial charge in [0.1, 0.15) is 5.82 Å². The van der Waals surface area contributed by atoms with Gasteiger partial charge in [-0.2, -0.15) is 0 Å². The molecule has 2 heterocycles. The number of rotatable bonds is 6. The maximum absolute atomic E-state index is 13.2. The number of nitrogens with one attached hydrogen (secondary N) is 2. The lowest BCUT2D eigenvalue weighted by Crippen LogP contribution is -2.36. The Balaban J connectivity index is 1.30. The Morgan fingerprint density at radius 2 is 1.93 bits per heavy atom. The van der Waals surface area contributed by atoms with Crippen LogP contribution in [-0.4, -0.2) is 55.0 Å². The molecule has 1 aromatic carbocycles. The van der Waals surface area contributed by atoms with Gasteiger partial charge in [-0.05, 0) is 43.5 Å². The molecule has 1 amide bonds. The third-order valence-corrected chi connectivity index (χ3v) is 6.44. The first-order valence-corrected chi connectivity index (χ1v) is 10.3. The lowest BCUT2D eigenvalue weighted by molar-refractivity contribution is -0.129. The fraction of sp³-hybridized carbons (Fsp3) is 0.667. The summed E-state index contributed by atoms with van der Waals surface area (Å²) < 4.78 is 13.2. The molecule has 4 rings (SSSR count). The van der Waals surface area contributed by atoms with Crippen molar-refractivity contribution in [3.8, 4) is 0 Å². The molecule has 5 nitrogen and oxygen atoms in total. The topological polar surface area (TPSA) is 47.6 Å². The van der Waals surface area contributed by atoms with Crippen LogP contribution in [0.5, 0.6) is 0 Å².